The van der Waals surface area contributed by atoms with Crippen LogP contribution in [0.1, 0.15) is 36.5 Å². The van der Waals surface area contributed by atoms with Gasteiger partial charge in [-0.1, -0.05) is 11.6 Å². The molecular weight excluding hydrogens is 392 g/mol. The zero-order valence-electron chi connectivity index (χ0n) is 14.3. The van der Waals surface area contributed by atoms with Crippen molar-refractivity contribution in [3.63, 3.8) is 0 Å². The lowest BCUT2D eigenvalue weighted by Gasteiger charge is -2.20. The average Bonchev–Trinajstić information content (AvgIpc) is 3.33. The number of likely N-dealkylation sites (tertiary alicyclic amines) is 1. The van der Waals surface area contributed by atoms with Gasteiger partial charge in [0.25, 0.3) is 11.8 Å². The summed E-state index contributed by atoms with van der Waals surface area (Å²) in [5.41, 5.74) is 1.06. The van der Waals surface area contributed by atoms with Crippen LogP contribution in [0.25, 0.3) is 0 Å². The molecule has 9 heteroatoms. The Bertz CT molecular complexity index is 850. The maximum absolute atomic E-state index is 12.8. The second-order valence-corrected chi connectivity index (χ2v) is 9.49. The lowest BCUT2D eigenvalue weighted by Crippen LogP contribution is -2.38. The number of aromatic nitrogens is 1. The van der Waals surface area contributed by atoms with Gasteiger partial charge in [0.2, 0.25) is 0 Å². The van der Waals surface area contributed by atoms with Crippen LogP contribution in [0.5, 0.6) is 0 Å². The Morgan fingerprint density at radius 3 is 2.92 bits per heavy atom. The average molecular weight is 411 g/mol. The van der Waals surface area contributed by atoms with Gasteiger partial charge in [0.1, 0.15) is 0 Å². The molecule has 2 aliphatic heterocycles. The normalized spacial score (nSPS) is 20.2. The van der Waals surface area contributed by atoms with Gasteiger partial charge in [-0.3, -0.25) is 9.59 Å². The van der Waals surface area contributed by atoms with Crippen LogP contribution in [-0.4, -0.2) is 59.3 Å². The standard InChI is InChI=1S/C17H19ClN4O2S2/c1-21-6-5-11-13(9-21)26-16(20-11)17(24)22-7-4-10(8-22)19-15(23)12-2-3-14(18)25-12/h2-3,10H,4-9H2,1H3,(H,19,23). The molecule has 0 aromatic carbocycles. The number of rotatable bonds is 3. The Morgan fingerprint density at radius 1 is 1.31 bits per heavy atom. The predicted molar refractivity (Wildman–Crippen MR) is 103 cm³/mol. The molecule has 1 atom stereocenters. The van der Waals surface area contributed by atoms with Crippen molar-refractivity contribution in [2.45, 2.75) is 25.4 Å². The Hall–Kier alpha value is -1.48. The number of nitrogens with one attached hydrogen (secondary N) is 1. The summed E-state index contributed by atoms with van der Waals surface area (Å²) in [6, 6.07) is 3.40. The number of nitrogens with zero attached hydrogens (tertiary/aromatic N) is 3. The summed E-state index contributed by atoms with van der Waals surface area (Å²) in [5.74, 6) is -0.156. The molecule has 6 nitrogen and oxygen atoms in total. The van der Waals surface area contributed by atoms with Gasteiger partial charge in [0.15, 0.2) is 5.01 Å². The number of hydrogen-bond donors (Lipinski definition) is 1. The molecule has 1 fully saturated rings. The van der Waals surface area contributed by atoms with E-state index in [0.717, 1.165) is 31.6 Å². The van der Waals surface area contributed by atoms with Crippen molar-refractivity contribution in [3.8, 4) is 0 Å². The van der Waals surface area contributed by atoms with Crippen molar-refractivity contribution in [1.29, 1.82) is 0 Å². The minimum atomic E-state index is -0.131. The second kappa shape index (κ2) is 7.26. The highest BCUT2D eigenvalue weighted by molar-refractivity contribution is 7.18. The van der Waals surface area contributed by atoms with Gasteiger partial charge in [0.05, 0.1) is 14.9 Å². The highest BCUT2D eigenvalue weighted by Gasteiger charge is 2.31. The van der Waals surface area contributed by atoms with Crippen LogP contribution >= 0.6 is 34.3 Å². The van der Waals surface area contributed by atoms with Crippen molar-refractivity contribution in [3.05, 3.63) is 36.9 Å². The number of fused-ring (bicyclic) bond motifs is 1. The molecule has 2 aromatic heterocycles. The SMILES string of the molecule is CN1CCc2nc(C(=O)N3CCC(NC(=O)c4ccc(Cl)s4)C3)sc2C1. The molecule has 0 saturated carbocycles. The first kappa shape index (κ1) is 17.9. The molecule has 2 aliphatic rings. The molecule has 1 saturated heterocycles. The number of likely N-dealkylation sites (N-methyl/N-ethyl adjacent to an activating group) is 1. The van der Waals surface area contributed by atoms with Crippen molar-refractivity contribution in [2.24, 2.45) is 0 Å². The highest BCUT2D eigenvalue weighted by atomic mass is 35.5. The monoisotopic (exact) mass is 410 g/mol. The second-order valence-electron chi connectivity index (χ2n) is 6.69. The summed E-state index contributed by atoms with van der Waals surface area (Å²) in [6.07, 6.45) is 1.65. The van der Waals surface area contributed by atoms with E-state index >= 15 is 0 Å². The third-order valence-electron chi connectivity index (χ3n) is 4.71. The van der Waals surface area contributed by atoms with E-state index in [1.165, 1.54) is 27.6 Å². The van der Waals surface area contributed by atoms with Crippen molar-refractivity contribution >= 4 is 46.1 Å². The lowest BCUT2D eigenvalue weighted by molar-refractivity contribution is 0.0782. The Balaban J connectivity index is 1.37. The zero-order chi connectivity index (χ0) is 18.3. The van der Waals surface area contributed by atoms with Gasteiger partial charge in [-0.25, -0.2) is 4.98 Å². The molecule has 1 N–H and O–H groups in total. The van der Waals surface area contributed by atoms with Crippen LogP contribution in [0.4, 0.5) is 0 Å². The van der Waals surface area contributed by atoms with Crippen LogP contribution in [0.3, 0.4) is 0 Å². The van der Waals surface area contributed by atoms with Gasteiger partial charge in [-0.05, 0) is 25.6 Å². The molecule has 26 heavy (non-hydrogen) atoms. The molecule has 0 bridgehead atoms. The minimum absolute atomic E-state index is 0.0250. The van der Waals surface area contributed by atoms with E-state index in [1.807, 2.05) is 0 Å². The molecule has 2 aromatic rings. The molecule has 1 unspecified atom stereocenters. The number of hydrogen-bond acceptors (Lipinski definition) is 6. The summed E-state index contributed by atoms with van der Waals surface area (Å²) in [6.45, 7) is 3.00. The molecule has 138 valence electrons. The maximum Gasteiger partial charge on any atom is 0.282 e. The van der Waals surface area contributed by atoms with Crippen molar-refractivity contribution in [1.82, 2.24) is 20.1 Å². The quantitative estimate of drug-likeness (QED) is 0.844. The fraction of sp³-hybridized carbons (Fsp3) is 0.471. The van der Waals surface area contributed by atoms with Crippen LogP contribution in [0.15, 0.2) is 12.1 Å². The van der Waals surface area contributed by atoms with Crippen LogP contribution in [0.2, 0.25) is 4.34 Å². The number of halogens is 1. The predicted octanol–water partition coefficient (Wildman–Crippen LogP) is 2.49. The lowest BCUT2D eigenvalue weighted by atomic mass is 10.2. The van der Waals surface area contributed by atoms with E-state index in [9.17, 15) is 9.59 Å². The van der Waals surface area contributed by atoms with Crippen molar-refractivity contribution in [2.75, 3.05) is 26.7 Å². The topological polar surface area (TPSA) is 65.5 Å². The maximum atomic E-state index is 12.8. The van der Waals surface area contributed by atoms with Gasteiger partial charge < -0.3 is 15.1 Å². The third kappa shape index (κ3) is 3.64. The number of amides is 2. The minimum Gasteiger partial charge on any atom is -0.347 e. The van der Waals surface area contributed by atoms with E-state index in [4.69, 9.17) is 11.6 Å². The number of thiophene rings is 1. The van der Waals surface area contributed by atoms with Crippen molar-refractivity contribution < 1.29 is 9.59 Å². The highest BCUT2D eigenvalue weighted by Crippen LogP contribution is 2.26. The summed E-state index contributed by atoms with van der Waals surface area (Å²) in [5, 5.41) is 3.57. The first-order valence-electron chi connectivity index (χ1n) is 8.52. The van der Waals surface area contributed by atoms with E-state index in [2.05, 4.69) is 22.2 Å². The molecule has 4 heterocycles. The first-order chi connectivity index (χ1) is 12.5. The molecular formula is C17H19ClN4O2S2. The van der Waals surface area contributed by atoms with Crippen LogP contribution < -0.4 is 5.32 Å². The van der Waals surface area contributed by atoms with E-state index in [1.54, 1.807) is 17.0 Å². The van der Waals surface area contributed by atoms with E-state index < -0.39 is 0 Å². The van der Waals surface area contributed by atoms with Gasteiger partial charge in [-0.2, -0.15) is 0 Å². The molecule has 0 spiro atoms. The van der Waals surface area contributed by atoms with E-state index in [-0.39, 0.29) is 17.9 Å². The first-order valence-corrected chi connectivity index (χ1v) is 10.5. The Kier molecular flexibility index (Phi) is 5.00. The van der Waals surface area contributed by atoms with Crippen LogP contribution in [-0.2, 0) is 13.0 Å². The fourth-order valence-electron chi connectivity index (χ4n) is 3.31. The smallest absolute Gasteiger partial charge is 0.282 e. The molecule has 2 amide bonds. The Labute approximate surface area is 164 Å². The van der Waals surface area contributed by atoms with Gasteiger partial charge in [-0.15, -0.1) is 22.7 Å². The van der Waals surface area contributed by atoms with Gasteiger partial charge >= 0.3 is 0 Å². The summed E-state index contributed by atoms with van der Waals surface area (Å²) >= 11 is 8.65. The number of carbonyl (C=O) groups is 2. The number of carbonyl (C=O) groups excluding carboxylic acids is 2. The summed E-state index contributed by atoms with van der Waals surface area (Å²) in [4.78, 5) is 35.4. The third-order valence-corrected chi connectivity index (χ3v) is 7.01. The van der Waals surface area contributed by atoms with Crippen LogP contribution in [0, 0.1) is 0 Å². The van der Waals surface area contributed by atoms with Gasteiger partial charge in [0, 0.05) is 43.5 Å². The number of thiazole rings is 1. The molecule has 4 rings (SSSR count). The molecule has 0 aliphatic carbocycles. The molecule has 0 radical (unpaired) electrons. The fourth-order valence-corrected chi connectivity index (χ4v) is 5.41. The van der Waals surface area contributed by atoms with E-state index in [0.29, 0.717) is 27.3 Å². The summed E-state index contributed by atoms with van der Waals surface area (Å²) in [7, 11) is 2.08. The summed E-state index contributed by atoms with van der Waals surface area (Å²) < 4.78 is 0.594. The largest absolute Gasteiger partial charge is 0.347 e. The Morgan fingerprint density at radius 2 is 2.15 bits per heavy atom. The zero-order valence-corrected chi connectivity index (χ0v) is 16.7.